The fraction of sp³-hybridized carbons (Fsp3) is 1.00. The molecule has 0 saturated heterocycles. The van der Waals surface area contributed by atoms with Crippen LogP contribution in [0.2, 0.25) is 0 Å². The van der Waals surface area contributed by atoms with E-state index >= 15 is 0 Å². The summed E-state index contributed by atoms with van der Waals surface area (Å²) in [4.78, 5) is 0. The third-order valence-corrected chi connectivity index (χ3v) is 2.38. The van der Waals surface area contributed by atoms with Crippen LogP contribution in [0, 0.1) is 0 Å². The van der Waals surface area contributed by atoms with Crippen molar-refractivity contribution in [2.45, 2.75) is 45.2 Å². The molecule has 3 heteroatoms. The molecule has 0 aliphatic heterocycles. The summed E-state index contributed by atoms with van der Waals surface area (Å²) in [5, 5.41) is 6.94. The molecule has 1 rings (SSSR count). The van der Waals surface area contributed by atoms with Crippen LogP contribution in [0.4, 0.5) is 0 Å². The van der Waals surface area contributed by atoms with Crippen LogP contribution < -0.4 is 10.6 Å². The highest BCUT2D eigenvalue weighted by Gasteiger charge is 2.20. The normalized spacial score (nSPS) is 18.4. The van der Waals surface area contributed by atoms with Gasteiger partial charge in [0.2, 0.25) is 0 Å². The Bertz CT molecular complexity index is 137. The highest BCUT2D eigenvalue weighted by atomic mass is 16.5. The lowest BCUT2D eigenvalue weighted by atomic mass is 10.3. The van der Waals surface area contributed by atoms with Gasteiger partial charge in [-0.1, -0.05) is 6.92 Å². The van der Waals surface area contributed by atoms with Gasteiger partial charge in [0.1, 0.15) is 0 Å². The molecule has 1 fully saturated rings. The molecule has 1 aliphatic rings. The molecule has 1 unspecified atom stereocenters. The topological polar surface area (TPSA) is 33.3 Å². The minimum Gasteiger partial charge on any atom is -0.380 e. The molecular weight excluding hydrogens is 176 g/mol. The quantitative estimate of drug-likeness (QED) is 0.548. The summed E-state index contributed by atoms with van der Waals surface area (Å²) in [6.45, 7) is 8.12. The van der Waals surface area contributed by atoms with E-state index in [0.29, 0.717) is 6.04 Å². The van der Waals surface area contributed by atoms with Crippen molar-refractivity contribution in [1.29, 1.82) is 0 Å². The largest absolute Gasteiger partial charge is 0.380 e. The smallest absolute Gasteiger partial charge is 0.0591 e. The maximum absolute atomic E-state index is 5.39. The monoisotopic (exact) mass is 200 g/mol. The average Bonchev–Trinajstić information content (AvgIpc) is 2.98. The van der Waals surface area contributed by atoms with E-state index in [-0.39, 0.29) is 0 Å². The predicted molar refractivity (Wildman–Crippen MR) is 59.6 cm³/mol. The van der Waals surface area contributed by atoms with Crippen molar-refractivity contribution in [1.82, 2.24) is 10.6 Å². The first-order valence-corrected chi connectivity index (χ1v) is 5.87. The molecular formula is C11H24N2O. The van der Waals surface area contributed by atoms with E-state index in [4.69, 9.17) is 4.74 Å². The second-order valence-corrected chi connectivity index (χ2v) is 4.15. The summed E-state index contributed by atoms with van der Waals surface area (Å²) in [6.07, 6.45) is 3.84. The Labute approximate surface area is 87.6 Å². The number of hydrogen-bond donors (Lipinski definition) is 2. The highest BCUT2D eigenvalue weighted by Crippen LogP contribution is 2.18. The number of rotatable bonds is 9. The molecule has 84 valence electrons. The number of ether oxygens (including phenoxy) is 1. The summed E-state index contributed by atoms with van der Waals surface area (Å²) in [5.74, 6) is 0. The molecule has 0 aromatic heterocycles. The van der Waals surface area contributed by atoms with Gasteiger partial charge in [-0.2, -0.15) is 0 Å². The van der Waals surface area contributed by atoms with Crippen molar-refractivity contribution in [3.05, 3.63) is 0 Å². The van der Waals surface area contributed by atoms with Crippen molar-refractivity contribution in [3.63, 3.8) is 0 Å². The summed E-state index contributed by atoms with van der Waals surface area (Å²) in [6, 6.07) is 1.37. The molecule has 14 heavy (non-hydrogen) atoms. The third-order valence-electron chi connectivity index (χ3n) is 2.38. The predicted octanol–water partition coefficient (Wildman–Crippen LogP) is 1.14. The molecule has 3 nitrogen and oxygen atoms in total. The van der Waals surface area contributed by atoms with Crippen molar-refractivity contribution >= 4 is 0 Å². The van der Waals surface area contributed by atoms with Crippen molar-refractivity contribution in [2.75, 3.05) is 26.3 Å². The van der Waals surface area contributed by atoms with E-state index in [1.54, 1.807) is 0 Å². The first-order valence-electron chi connectivity index (χ1n) is 5.87. The van der Waals surface area contributed by atoms with Crippen molar-refractivity contribution < 1.29 is 4.74 Å². The maximum Gasteiger partial charge on any atom is 0.0591 e. The second kappa shape index (κ2) is 7.21. The van der Waals surface area contributed by atoms with E-state index in [1.807, 2.05) is 0 Å². The third kappa shape index (κ3) is 6.35. The first kappa shape index (κ1) is 12.0. The van der Waals surface area contributed by atoms with Crippen LogP contribution in [0.5, 0.6) is 0 Å². The van der Waals surface area contributed by atoms with Crippen LogP contribution in [0.25, 0.3) is 0 Å². The van der Waals surface area contributed by atoms with Crippen LogP contribution in [0.1, 0.15) is 33.1 Å². The summed E-state index contributed by atoms with van der Waals surface area (Å²) >= 11 is 0. The summed E-state index contributed by atoms with van der Waals surface area (Å²) < 4.78 is 5.39. The van der Waals surface area contributed by atoms with E-state index in [2.05, 4.69) is 24.5 Å². The molecule has 1 aliphatic carbocycles. The average molecular weight is 200 g/mol. The van der Waals surface area contributed by atoms with Gasteiger partial charge in [-0.3, -0.25) is 0 Å². The van der Waals surface area contributed by atoms with Crippen molar-refractivity contribution in [2.24, 2.45) is 0 Å². The SMILES string of the molecule is CCCOCCNC(C)CNC1CC1. The van der Waals surface area contributed by atoms with Crippen LogP contribution in [-0.4, -0.2) is 38.4 Å². The van der Waals surface area contributed by atoms with Gasteiger partial charge in [0.25, 0.3) is 0 Å². The van der Waals surface area contributed by atoms with Gasteiger partial charge < -0.3 is 15.4 Å². The van der Waals surface area contributed by atoms with Crippen LogP contribution >= 0.6 is 0 Å². The molecule has 0 amide bonds. The molecule has 0 radical (unpaired) electrons. The van der Waals surface area contributed by atoms with Gasteiger partial charge in [0.15, 0.2) is 0 Å². The lowest BCUT2D eigenvalue weighted by Crippen LogP contribution is -2.38. The Hall–Kier alpha value is -0.120. The molecule has 1 atom stereocenters. The van der Waals surface area contributed by atoms with Gasteiger partial charge in [-0.05, 0) is 26.2 Å². The van der Waals surface area contributed by atoms with E-state index in [1.165, 1.54) is 12.8 Å². The van der Waals surface area contributed by atoms with E-state index < -0.39 is 0 Å². The van der Waals surface area contributed by atoms with Gasteiger partial charge in [0, 0.05) is 31.8 Å². The fourth-order valence-corrected chi connectivity index (χ4v) is 1.33. The Kier molecular flexibility index (Phi) is 6.15. The van der Waals surface area contributed by atoms with Gasteiger partial charge in [0.05, 0.1) is 6.61 Å². The van der Waals surface area contributed by atoms with Gasteiger partial charge in [-0.15, -0.1) is 0 Å². The van der Waals surface area contributed by atoms with Crippen molar-refractivity contribution in [3.8, 4) is 0 Å². The minimum atomic E-state index is 0.556. The molecule has 1 saturated carbocycles. The second-order valence-electron chi connectivity index (χ2n) is 4.15. The molecule has 0 bridgehead atoms. The zero-order valence-electron chi connectivity index (χ0n) is 9.51. The lowest BCUT2D eigenvalue weighted by molar-refractivity contribution is 0.134. The summed E-state index contributed by atoms with van der Waals surface area (Å²) in [5.41, 5.74) is 0. The van der Waals surface area contributed by atoms with Crippen LogP contribution in [-0.2, 0) is 4.74 Å². The van der Waals surface area contributed by atoms with Gasteiger partial charge in [-0.25, -0.2) is 0 Å². The molecule has 2 N–H and O–H groups in total. The fourth-order valence-electron chi connectivity index (χ4n) is 1.33. The zero-order valence-corrected chi connectivity index (χ0v) is 9.51. The van der Waals surface area contributed by atoms with E-state index in [9.17, 15) is 0 Å². The number of nitrogens with one attached hydrogen (secondary N) is 2. The highest BCUT2D eigenvalue weighted by molar-refractivity contribution is 4.82. The van der Waals surface area contributed by atoms with Gasteiger partial charge >= 0.3 is 0 Å². The maximum atomic E-state index is 5.39. The Morgan fingerprint density at radius 1 is 1.36 bits per heavy atom. The summed E-state index contributed by atoms with van der Waals surface area (Å²) in [7, 11) is 0. The molecule has 0 heterocycles. The first-order chi connectivity index (χ1) is 6.83. The molecule has 0 aromatic rings. The lowest BCUT2D eigenvalue weighted by Gasteiger charge is -2.14. The molecule has 0 spiro atoms. The zero-order chi connectivity index (χ0) is 10.2. The minimum absolute atomic E-state index is 0.556. The van der Waals surface area contributed by atoms with Crippen LogP contribution in [0.15, 0.2) is 0 Å². The Morgan fingerprint density at radius 3 is 2.79 bits per heavy atom. The molecule has 0 aromatic carbocycles. The van der Waals surface area contributed by atoms with E-state index in [0.717, 1.165) is 38.8 Å². The standard InChI is InChI=1S/C11H24N2O/c1-3-7-14-8-6-12-10(2)9-13-11-4-5-11/h10-13H,3-9H2,1-2H3. The Balaban J connectivity index is 1.79. The number of hydrogen-bond acceptors (Lipinski definition) is 3. The van der Waals surface area contributed by atoms with Crippen LogP contribution in [0.3, 0.4) is 0 Å². The Morgan fingerprint density at radius 2 is 2.14 bits per heavy atom.